The Kier molecular flexibility index (Phi) is 8.42. The van der Waals surface area contributed by atoms with Gasteiger partial charge in [-0.2, -0.15) is 0 Å². The second-order valence-corrected chi connectivity index (χ2v) is 15.6. The molecule has 12 rings (SSSR count). The molecule has 5 nitrogen and oxygen atoms in total. The van der Waals surface area contributed by atoms with Crippen molar-refractivity contribution in [1.82, 2.24) is 15.4 Å². The van der Waals surface area contributed by atoms with Crippen molar-refractivity contribution in [1.29, 1.82) is 0 Å². The average Bonchev–Trinajstić information content (AvgIpc) is 3.93. The molecule has 0 spiro atoms. The second kappa shape index (κ2) is 14.7. The molecule has 9 aromatic carbocycles. The van der Waals surface area contributed by atoms with E-state index >= 15 is 0 Å². The molecule has 0 radical (unpaired) electrons. The molecule has 288 valence electrons. The molecule has 0 amide bonds. The zero-order valence-corrected chi connectivity index (χ0v) is 33.4. The topological polar surface area (TPSA) is 63.4 Å². The minimum Gasteiger partial charge on any atom is -0.248 e. The van der Waals surface area contributed by atoms with Crippen molar-refractivity contribution >= 4 is 11.4 Å². The Morgan fingerprint density at radius 3 is 1.53 bits per heavy atom. The molecule has 1 aromatic heterocycles. The molecule has 10 aromatic rings. The molecule has 3 heterocycles. The summed E-state index contributed by atoms with van der Waals surface area (Å²) in [5.41, 5.74) is 18.2. The molecule has 2 aliphatic rings. The van der Waals surface area contributed by atoms with Gasteiger partial charge in [-0.05, 0) is 74.0 Å². The Hall–Kier alpha value is -8.41. The minimum atomic E-state index is 0.748. The van der Waals surface area contributed by atoms with Gasteiger partial charge in [0.25, 0.3) is 0 Å². The van der Waals surface area contributed by atoms with Crippen LogP contribution >= 0.6 is 0 Å². The van der Waals surface area contributed by atoms with Crippen LogP contribution in [0.2, 0.25) is 0 Å². The van der Waals surface area contributed by atoms with Crippen LogP contribution in [0.5, 0.6) is 0 Å². The summed E-state index contributed by atoms with van der Waals surface area (Å²) < 4.78 is 0. The van der Waals surface area contributed by atoms with Crippen LogP contribution in [0.15, 0.2) is 222 Å². The van der Waals surface area contributed by atoms with E-state index in [9.17, 15) is 0 Å². The van der Waals surface area contributed by atoms with Crippen molar-refractivity contribution in [3.05, 3.63) is 233 Å². The summed E-state index contributed by atoms with van der Waals surface area (Å²) >= 11 is 0. The molecule has 0 N–H and O–H groups in total. The fourth-order valence-corrected chi connectivity index (χ4v) is 9.38. The molecule has 62 heavy (non-hydrogen) atoms. The standard InChI is InChI=1S/C57H35N5/c1-4-18-36(19-5-1)39-24-10-11-25-40(39)41-26-12-13-27-42(41)45-32-34-49-53(54-50(58-49)35-33-47-43-28-16-17-31-48(43)59-56(47)54)52(45)44-29-14-15-30-46(44)57-51(37-20-6-2-7-21-37)55(60-62-61-57)38-22-8-3-9-23-38/h1-35H. The number of hydrogen-bond donors (Lipinski definition) is 0. The molecule has 0 saturated heterocycles. The fourth-order valence-electron chi connectivity index (χ4n) is 9.38. The van der Waals surface area contributed by atoms with Crippen LogP contribution < -0.4 is 10.7 Å². The maximum atomic E-state index is 5.33. The summed E-state index contributed by atoms with van der Waals surface area (Å²) in [6.45, 7) is 0. The third-order valence-electron chi connectivity index (χ3n) is 12.1. The maximum absolute atomic E-state index is 5.33. The number of benzene rings is 9. The third-order valence-corrected chi connectivity index (χ3v) is 12.1. The monoisotopic (exact) mass is 789 g/mol. The minimum absolute atomic E-state index is 0.748. The van der Waals surface area contributed by atoms with E-state index in [0.717, 1.165) is 111 Å². The van der Waals surface area contributed by atoms with E-state index in [-0.39, 0.29) is 0 Å². The summed E-state index contributed by atoms with van der Waals surface area (Å²) in [6, 6.07) is 74.6. The van der Waals surface area contributed by atoms with Crippen LogP contribution in [-0.2, 0) is 0 Å². The Bertz CT molecular complexity index is 3620. The van der Waals surface area contributed by atoms with Crippen molar-refractivity contribution in [2.24, 2.45) is 9.98 Å². The molecule has 0 unspecified atom stereocenters. The lowest BCUT2D eigenvalue weighted by Crippen LogP contribution is -2.03. The Balaban J connectivity index is 1.19. The van der Waals surface area contributed by atoms with Gasteiger partial charge in [-0.15, -0.1) is 10.2 Å². The first-order valence-electron chi connectivity index (χ1n) is 20.9. The lowest BCUT2D eigenvalue weighted by atomic mass is 9.81. The van der Waals surface area contributed by atoms with Crippen LogP contribution in [0.4, 0.5) is 11.4 Å². The molecule has 0 bridgehead atoms. The molecule has 0 aliphatic carbocycles. The summed E-state index contributed by atoms with van der Waals surface area (Å²) in [5, 5.41) is 18.2. The number of hydrogen-bond acceptors (Lipinski definition) is 5. The maximum Gasteiger partial charge on any atom is 0.105 e. The molecule has 2 aliphatic heterocycles. The third kappa shape index (κ3) is 5.75. The smallest absolute Gasteiger partial charge is 0.105 e. The highest BCUT2D eigenvalue weighted by Crippen LogP contribution is 2.53. The second-order valence-electron chi connectivity index (χ2n) is 15.6. The van der Waals surface area contributed by atoms with Gasteiger partial charge < -0.3 is 0 Å². The van der Waals surface area contributed by atoms with Crippen molar-refractivity contribution in [2.45, 2.75) is 0 Å². The summed E-state index contributed by atoms with van der Waals surface area (Å²) in [6.07, 6.45) is 0. The van der Waals surface area contributed by atoms with Gasteiger partial charge in [0.1, 0.15) is 11.4 Å². The fraction of sp³-hybridized carbons (Fsp3) is 0. The SMILES string of the molecule is c1ccc(-c2ccccc2-c2ccccc2-c2ccc3c(c2-c2ccccc2-c2nnnc(-c4ccccc4)c2-c2ccccc2)-c2c4c(ccc2=N3)=c2ccccc2=N4)cc1. The first-order valence-corrected chi connectivity index (χ1v) is 20.9. The molecule has 0 atom stereocenters. The van der Waals surface area contributed by atoms with E-state index in [0.29, 0.717) is 0 Å². The Labute approximate surface area is 358 Å². The molecule has 0 fully saturated rings. The van der Waals surface area contributed by atoms with Crippen molar-refractivity contribution < 1.29 is 0 Å². The van der Waals surface area contributed by atoms with Crippen LogP contribution in [0.3, 0.4) is 0 Å². The summed E-state index contributed by atoms with van der Waals surface area (Å²) in [7, 11) is 0. The zero-order valence-electron chi connectivity index (χ0n) is 33.4. The van der Waals surface area contributed by atoms with E-state index in [2.05, 4.69) is 193 Å². The Morgan fingerprint density at radius 2 is 0.806 bits per heavy atom. The number of nitrogens with zero attached hydrogens (tertiary/aromatic N) is 5. The van der Waals surface area contributed by atoms with Gasteiger partial charge in [-0.3, -0.25) is 0 Å². The van der Waals surface area contributed by atoms with Crippen LogP contribution in [0.25, 0.3) is 89.3 Å². The lowest BCUT2D eigenvalue weighted by molar-refractivity contribution is 0.879. The van der Waals surface area contributed by atoms with E-state index in [1.807, 2.05) is 24.3 Å². The van der Waals surface area contributed by atoms with E-state index in [4.69, 9.17) is 20.2 Å². The highest BCUT2D eigenvalue weighted by molar-refractivity contribution is 6.09. The molecular formula is C57H35N5. The average molecular weight is 790 g/mol. The van der Waals surface area contributed by atoms with E-state index in [1.165, 1.54) is 11.1 Å². The molecule has 5 heteroatoms. The Morgan fingerprint density at radius 1 is 0.258 bits per heavy atom. The molecular weight excluding hydrogens is 755 g/mol. The first-order chi connectivity index (χ1) is 30.8. The number of para-hydroxylation sites is 1. The van der Waals surface area contributed by atoms with Gasteiger partial charge in [0.15, 0.2) is 0 Å². The van der Waals surface area contributed by atoms with Crippen LogP contribution in [0.1, 0.15) is 0 Å². The van der Waals surface area contributed by atoms with Crippen LogP contribution in [-0.4, -0.2) is 15.4 Å². The van der Waals surface area contributed by atoms with Gasteiger partial charge >= 0.3 is 0 Å². The predicted molar refractivity (Wildman–Crippen MR) is 249 cm³/mol. The van der Waals surface area contributed by atoms with Gasteiger partial charge in [-0.25, -0.2) is 9.98 Å². The van der Waals surface area contributed by atoms with Crippen LogP contribution in [0, 0.1) is 10.4 Å². The van der Waals surface area contributed by atoms with Gasteiger partial charge in [0.2, 0.25) is 0 Å². The highest BCUT2D eigenvalue weighted by Gasteiger charge is 2.30. The lowest BCUT2D eigenvalue weighted by Gasteiger charge is -2.22. The van der Waals surface area contributed by atoms with Crippen molar-refractivity contribution in [3.8, 4) is 89.3 Å². The van der Waals surface area contributed by atoms with Gasteiger partial charge in [0.05, 0.1) is 22.1 Å². The summed E-state index contributed by atoms with van der Waals surface area (Å²) in [5.74, 6) is 0. The number of rotatable bonds is 7. The highest BCUT2D eigenvalue weighted by atomic mass is 15.3. The quantitative estimate of drug-likeness (QED) is 0.162. The zero-order chi connectivity index (χ0) is 41.0. The normalized spacial score (nSPS) is 11.8. The van der Waals surface area contributed by atoms with E-state index < -0.39 is 0 Å². The predicted octanol–water partition coefficient (Wildman–Crippen LogP) is 13.0. The first kappa shape index (κ1) is 35.5. The molecule has 0 saturated carbocycles. The largest absolute Gasteiger partial charge is 0.248 e. The van der Waals surface area contributed by atoms with E-state index in [1.54, 1.807) is 0 Å². The van der Waals surface area contributed by atoms with Gasteiger partial charge in [-0.1, -0.05) is 188 Å². The van der Waals surface area contributed by atoms with Crippen molar-refractivity contribution in [3.63, 3.8) is 0 Å². The van der Waals surface area contributed by atoms with Gasteiger partial charge in [0, 0.05) is 43.8 Å². The number of aromatic nitrogens is 3. The van der Waals surface area contributed by atoms with Crippen molar-refractivity contribution in [2.75, 3.05) is 0 Å². The summed E-state index contributed by atoms with van der Waals surface area (Å²) in [4.78, 5) is 10.7. The number of fused-ring (bicyclic) bond motifs is 6.